The minimum atomic E-state index is -0.296. The summed E-state index contributed by atoms with van der Waals surface area (Å²) in [5, 5.41) is 7.86. The van der Waals surface area contributed by atoms with Crippen LogP contribution in [0.5, 0.6) is 0 Å². The Morgan fingerprint density at radius 3 is 2.40 bits per heavy atom. The van der Waals surface area contributed by atoms with Crippen molar-refractivity contribution in [1.29, 1.82) is 0 Å². The zero-order valence-electron chi connectivity index (χ0n) is 10.3. The van der Waals surface area contributed by atoms with Crippen LogP contribution >= 0.6 is 23.8 Å². The maximum absolute atomic E-state index is 12.7. The summed E-state index contributed by atoms with van der Waals surface area (Å²) in [5.41, 5.74) is 4.25. The number of nitrogens with one attached hydrogen (secondary N) is 2. The molecule has 20 heavy (non-hydrogen) atoms. The lowest BCUT2D eigenvalue weighted by molar-refractivity contribution is 0.628. The van der Waals surface area contributed by atoms with Crippen LogP contribution in [-0.4, -0.2) is 11.3 Å². The molecule has 0 aromatic heterocycles. The van der Waals surface area contributed by atoms with Crippen LogP contribution in [0.15, 0.2) is 53.6 Å². The van der Waals surface area contributed by atoms with Gasteiger partial charge in [-0.1, -0.05) is 23.7 Å². The number of thiocarbonyl (C=S) groups is 1. The van der Waals surface area contributed by atoms with Gasteiger partial charge in [-0.2, -0.15) is 5.10 Å². The molecule has 3 nitrogen and oxygen atoms in total. The van der Waals surface area contributed by atoms with E-state index in [1.165, 1.54) is 12.1 Å². The molecule has 0 saturated heterocycles. The van der Waals surface area contributed by atoms with Gasteiger partial charge in [-0.05, 0) is 54.2 Å². The molecule has 0 bridgehead atoms. The Morgan fingerprint density at radius 1 is 1.10 bits per heavy atom. The topological polar surface area (TPSA) is 36.4 Å². The Morgan fingerprint density at radius 2 is 1.75 bits per heavy atom. The van der Waals surface area contributed by atoms with Crippen molar-refractivity contribution in [2.75, 3.05) is 5.32 Å². The number of benzene rings is 2. The van der Waals surface area contributed by atoms with E-state index in [1.807, 2.05) is 12.1 Å². The minimum Gasteiger partial charge on any atom is -0.331 e. The monoisotopic (exact) mass is 307 g/mol. The van der Waals surface area contributed by atoms with E-state index in [9.17, 15) is 4.39 Å². The van der Waals surface area contributed by atoms with Crippen molar-refractivity contribution >= 4 is 40.8 Å². The molecule has 0 aliphatic heterocycles. The smallest absolute Gasteiger partial charge is 0.191 e. The first-order valence-electron chi connectivity index (χ1n) is 5.75. The number of rotatable bonds is 3. The van der Waals surface area contributed by atoms with Gasteiger partial charge in [0.15, 0.2) is 5.11 Å². The molecule has 0 atom stereocenters. The van der Waals surface area contributed by atoms with Crippen molar-refractivity contribution in [3.63, 3.8) is 0 Å². The number of nitrogens with zero attached hydrogens (tertiary/aromatic N) is 1. The van der Waals surface area contributed by atoms with Gasteiger partial charge in [0.25, 0.3) is 0 Å². The van der Waals surface area contributed by atoms with Crippen LogP contribution in [0.2, 0.25) is 5.02 Å². The van der Waals surface area contributed by atoms with Gasteiger partial charge < -0.3 is 5.32 Å². The van der Waals surface area contributed by atoms with E-state index in [0.717, 1.165) is 5.56 Å². The molecule has 2 rings (SSSR count). The quantitative estimate of drug-likeness (QED) is 0.514. The molecule has 0 saturated carbocycles. The largest absolute Gasteiger partial charge is 0.331 e. The lowest BCUT2D eigenvalue weighted by atomic mass is 10.2. The summed E-state index contributed by atoms with van der Waals surface area (Å²) >= 11 is 10.8. The fourth-order valence-corrected chi connectivity index (χ4v) is 1.70. The number of hydrogen-bond acceptors (Lipinski definition) is 2. The average molecular weight is 308 g/mol. The van der Waals surface area contributed by atoms with E-state index in [0.29, 0.717) is 15.8 Å². The van der Waals surface area contributed by atoms with Crippen LogP contribution in [0.25, 0.3) is 0 Å². The summed E-state index contributed by atoms with van der Waals surface area (Å²) < 4.78 is 12.7. The molecule has 0 heterocycles. The summed E-state index contributed by atoms with van der Waals surface area (Å²) in [6.45, 7) is 0. The third-order valence-corrected chi connectivity index (χ3v) is 2.80. The standard InChI is InChI=1S/C14H11ClFN3S/c15-11-3-1-10(2-4-11)9-17-19-14(20)18-13-7-5-12(16)6-8-13/h1-9H,(H2,18,19,20)/b17-9-. The molecule has 0 fully saturated rings. The Labute approximate surface area is 126 Å². The van der Waals surface area contributed by atoms with E-state index < -0.39 is 0 Å². The molecular formula is C14H11ClFN3S. The Kier molecular flexibility index (Phi) is 5.03. The second-order valence-electron chi connectivity index (χ2n) is 3.88. The molecule has 0 spiro atoms. The fourth-order valence-electron chi connectivity index (χ4n) is 1.41. The third kappa shape index (κ3) is 4.60. The highest BCUT2D eigenvalue weighted by Crippen LogP contribution is 2.08. The SMILES string of the molecule is Fc1ccc(NC(=S)N/N=C\c2ccc(Cl)cc2)cc1. The van der Waals surface area contributed by atoms with Gasteiger partial charge in [-0.3, -0.25) is 5.43 Å². The van der Waals surface area contributed by atoms with Gasteiger partial charge in [0, 0.05) is 10.7 Å². The van der Waals surface area contributed by atoms with Crippen molar-refractivity contribution in [1.82, 2.24) is 5.43 Å². The number of anilines is 1. The maximum atomic E-state index is 12.7. The Balaban J connectivity index is 1.85. The molecule has 0 radical (unpaired) electrons. The van der Waals surface area contributed by atoms with Crippen LogP contribution in [0.3, 0.4) is 0 Å². The van der Waals surface area contributed by atoms with Crippen molar-refractivity contribution in [2.45, 2.75) is 0 Å². The van der Waals surface area contributed by atoms with Crippen molar-refractivity contribution in [3.8, 4) is 0 Å². The number of hydrazone groups is 1. The van der Waals surface area contributed by atoms with Gasteiger partial charge >= 0.3 is 0 Å². The molecule has 2 aromatic rings. The molecule has 0 aliphatic rings. The van der Waals surface area contributed by atoms with Crippen molar-refractivity contribution in [3.05, 3.63) is 64.9 Å². The first-order valence-corrected chi connectivity index (χ1v) is 6.53. The first-order chi connectivity index (χ1) is 9.63. The van der Waals surface area contributed by atoms with Gasteiger partial charge in [0.2, 0.25) is 0 Å². The normalized spacial score (nSPS) is 10.5. The minimum absolute atomic E-state index is 0.296. The second-order valence-corrected chi connectivity index (χ2v) is 4.73. The van der Waals surface area contributed by atoms with E-state index in [4.69, 9.17) is 23.8 Å². The summed E-state index contributed by atoms with van der Waals surface area (Å²) in [6.07, 6.45) is 1.62. The Hall–Kier alpha value is -1.98. The number of hydrogen-bond donors (Lipinski definition) is 2. The number of halogens is 2. The van der Waals surface area contributed by atoms with Crippen LogP contribution in [0, 0.1) is 5.82 Å². The third-order valence-electron chi connectivity index (χ3n) is 2.35. The highest BCUT2D eigenvalue weighted by atomic mass is 35.5. The summed E-state index contributed by atoms with van der Waals surface area (Å²) in [7, 11) is 0. The average Bonchev–Trinajstić information content (AvgIpc) is 2.44. The van der Waals surface area contributed by atoms with Crippen molar-refractivity contribution in [2.24, 2.45) is 5.10 Å². The summed E-state index contributed by atoms with van der Waals surface area (Å²) in [4.78, 5) is 0. The van der Waals surface area contributed by atoms with Gasteiger partial charge in [0.05, 0.1) is 6.21 Å². The summed E-state index contributed by atoms with van der Waals surface area (Å²) in [5.74, 6) is -0.296. The molecule has 2 aromatic carbocycles. The zero-order valence-corrected chi connectivity index (χ0v) is 11.9. The highest BCUT2D eigenvalue weighted by Gasteiger charge is 1.96. The van der Waals surface area contributed by atoms with Gasteiger partial charge in [-0.25, -0.2) is 4.39 Å². The molecule has 0 unspecified atom stereocenters. The van der Waals surface area contributed by atoms with Crippen LogP contribution in [0.1, 0.15) is 5.56 Å². The molecule has 0 aliphatic carbocycles. The predicted molar refractivity (Wildman–Crippen MR) is 84.8 cm³/mol. The van der Waals surface area contributed by atoms with Crippen LogP contribution in [-0.2, 0) is 0 Å². The van der Waals surface area contributed by atoms with Crippen LogP contribution in [0.4, 0.5) is 10.1 Å². The van der Waals surface area contributed by atoms with E-state index in [-0.39, 0.29) is 5.82 Å². The van der Waals surface area contributed by atoms with E-state index in [1.54, 1.807) is 30.5 Å². The predicted octanol–water partition coefficient (Wildman–Crippen LogP) is 3.80. The molecule has 102 valence electrons. The lowest BCUT2D eigenvalue weighted by Gasteiger charge is -2.06. The highest BCUT2D eigenvalue weighted by molar-refractivity contribution is 7.80. The van der Waals surface area contributed by atoms with E-state index in [2.05, 4.69) is 15.8 Å². The fraction of sp³-hybridized carbons (Fsp3) is 0. The van der Waals surface area contributed by atoms with Gasteiger partial charge in [-0.15, -0.1) is 0 Å². The zero-order chi connectivity index (χ0) is 14.4. The lowest BCUT2D eigenvalue weighted by Crippen LogP contribution is -2.23. The second kappa shape index (κ2) is 6.98. The summed E-state index contributed by atoms with van der Waals surface area (Å²) in [6, 6.07) is 13.1. The van der Waals surface area contributed by atoms with Crippen LogP contribution < -0.4 is 10.7 Å². The molecule has 6 heteroatoms. The molecule has 0 amide bonds. The Bertz CT molecular complexity index is 611. The molecule has 2 N–H and O–H groups in total. The molecular weight excluding hydrogens is 297 g/mol. The van der Waals surface area contributed by atoms with Gasteiger partial charge in [0.1, 0.15) is 5.82 Å². The van der Waals surface area contributed by atoms with Crippen molar-refractivity contribution < 1.29 is 4.39 Å². The first kappa shape index (κ1) is 14.4. The van der Waals surface area contributed by atoms with E-state index >= 15 is 0 Å². The maximum Gasteiger partial charge on any atom is 0.191 e.